The molecule has 0 saturated carbocycles. The molecule has 24 heavy (non-hydrogen) atoms. The number of sulfonamides is 1. The largest absolute Gasteiger partial charge is 0.340 e. The summed E-state index contributed by atoms with van der Waals surface area (Å²) in [5.41, 5.74) is 0. The van der Waals surface area contributed by atoms with Crippen molar-refractivity contribution in [1.29, 1.82) is 0 Å². The molecular formula is C16H24BrN3O3S. The fourth-order valence-electron chi connectivity index (χ4n) is 2.76. The molecule has 6 nitrogen and oxygen atoms in total. The Bertz CT molecular complexity index is 676. The number of benzene rings is 1. The van der Waals surface area contributed by atoms with Gasteiger partial charge in [-0.05, 0) is 51.2 Å². The molecule has 0 spiro atoms. The van der Waals surface area contributed by atoms with Crippen molar-refractivity contribution in [3.8, 4) is 0 Å². The molecule has 0 bridgehead atoms. The van der Waals surface area contributed by atoms with Gasteiger partial charge in [0.2, 0.25) is 15.9 Å². The Hall–Kier alpha value is -0.960. The van der Waals surface area contributed by atoms with Crippen molar-refractivity contribution >= 4 is 31.9 Å². The van der Waals surface area contributed by atoms with Gasteiger partial charge in [0.1, 0.15) is 0 Å². The van der Waals surface area contributed by atoms with E-state index < -0.39 is 10.0 Å². The van der Waals surface area contributed by atoms with Crippen LogP contribution < -0.4 is 0 Å². The van der Waals surface area contributed by atoms with Gasteiger partial charge in [-0.3, -0.25) is 4.79 Å². The van der Waals surface area contributed by atoms with Gasteiger partial charge in [0.25, 0.3) is 0 Å². The summed E-state index contributed by atoms with van der Waals surface area (Å²) in [7, 11) is 1.79. The monoisotopic (exact) mass is 417 g/mol. The predicted octanol–water partition coefficient (Wildman–Crippen LogP) is 1.62. The Balaban J connectivity index is 2.04. The predicted molar refractivity (Wildman–Crippen MR) is 97.2 cm³/mol. The van der Waals surface area contributed by atoms with Crippen LogP contribution in [0, 0.1) is 0 Å². The standard InChI is InChI=1S/C16H24BrN3O3S/c1-18(2)14-5-4-10-20(11-14)16(21)12-19(3)24(22,23)15-8-6-13(17)7-9-15/h6-9,14H,4-5,10-12H2,1-3H3. The number of hydrogen-bond donors (Lipinski definition) is 0. The number of piperidine rings is 1. The second-order valence-corrected chi connectivity index (χ2v) is 9.27. The van der Waals surface area contributed by atoms with Gasteiger partial charge >= 0.3 is 0 Å². The molecule has 1 fully saturated rings. The van der Waals surface area contributed by atoms with Crippen LogP contribution in [-0.2, 0) is 14.8 Å². The summed E-state index contributed by atoms with van der Waals surface area (Å²) in [4.78, 5) is 16.6. The van der Waals surface area contributed by atoms with E-state index in [1.165, 1.54) is 19.2 Å². The van der Waals surface area contributed by atoms with Crippen LogP contribution in [0.15, 0.2) is 33.6 Å². The van der Waals surface area contributed by atoms with Crippen molar-refractivity contribution in [2.45, 2.75) is 23.8 Å². The smallest absolute Gasteiger partial charge is 0.243 e. The lowest BCUT2D eigenvalue weighted by Gasteiger charge is -2.36. The highest BCUT2D eigenvalue weighted by atomic mass is 79.9. The molecule has 1 unspecified atom stereocenters. The molecule has 0 aliphatic carbocycles. The number of carbonyl (C=O) groups excluding carboxylic acids is 1. The first-order valence-corrected chi connectivity index (χ1v) is 10.1. The fourth-order valence-corrected chi connectivity index (χ4v) is 4.15. The molecule has 1 heterocycles. The average Bonchev–Trinajstić information content (AvgIpc) is 2.55. The van der Waals surface area contributed by atoms with Gasteiger partial charge in [0.15, 0.2) is 0 Å². The number of likely N-dealkylation sites (tertiary alicyclic amines) is 1. The SMILES string of the molecule is CN(C)C1CCCN(C(=O)CN(C)S(=O)(=O)c2ccc(Br)cc2)C1. The zero-order valence-electron chi connectivity index (χ0n) is 14.3. The van der Waals surface area contributed by atoms with Crippen molar-refractivity contribution in [3.05, 3.63) is 28.7 Å². The molecule has 8 heteroatoms. The van der Waals surface area contributed by atoms with Gasteiger partial charge < -0.3 is 9.80 Å². The van der Waals surface area contributed by atoms with Crippen LogP contribution in [0.25, 0.3) is 0 Å². The zero-order chi connectivity index (χ0) is 17.9. The molecule has 1 aliphatic heterocycles. The van der Waals surface area contributed by atoms with Crippen LogP contribution >= 0.6 is 15.9 Å². The minimum atomic E-state index is -3.66. The van der Waals surface area contributed by atoms with E-state index in [0.29, 0.717) is 19.1 Å². The first kappa shape index (κ1) is 19.4. The van der Waals surface area contributed by atoms with Gasteiger partial charge in [-0.15, -0.1) is 0 Å². The van der Waals surface area contributed by atoms with Crippen LogP contribution in [-0.4, -0.2) is 75.2 Å². The van der Waals surface area contributed by atoms with Crippen LogP contribution in [0.2, 0.25) is 0 Å². The summed E-state index contributed by atoms with van der Waals surface area (Å²) in [6.07, 6.45) is 2.00. The molecule has 2 rings (SSSR count). The average molecular weight is 418 g/mol. The van der Waals surface area contributed by atoms with E-state index in [2.05, 4.69) is 20.8 Å². The van der Waals surface area contributed by atoms with E-state index in [1.54, 1.807) is 17.0 Å². The summed E-state index contributed by atoms with van der Waals surface area (Å²) >= 11 is 3.29. The van der Waals surface area contributed by atoms with Crippen molar-refractivity contribution in [3.63, 3.8) is 0 Å². The lowest BCUT2D eigenvalue weighted by atomic mass is 10.0. The van der Waals surface area contributed by atoms with Gasteiger partial charge in [-0.1, -0.05) is 15.9 Å². The Morgan fingerprint density at radius 1 is 1.25 bits per heavy atom. The van der Waals surface area contributed by atoms with E-state index >= 15 is 0 Å². The highest BCUT2D eigenvalue weighted by Gasteiger charge is 2.28. The molecule has 1 aromatic rings. The summed E-state index contributed by atoms with van der Waals surface area (Å²) in [6, 6.07) is 6.74. The van der Waals surface area contributed by atoms with Gasteiger partial charge in [0.05, 0.1) is 11.4 Å². The lowest BCUT2D eigenvalue weighted by molar-refractivity contribution is -0.133. The Morgan fingerprint density at radius 3 is 2.46 bits per heavy atom. The van der Waals surface area contributed by atoms with Crippen LogP contribution in [0.3, 0.4) is 0 Å². The van der Waals surface area contributed by atoms with Gasteiger partial charge in [-0.25, -0.2) is 8.42 Å². The number of amides is 1. The second-order valence-electron chi connectivity index (χ2n) is 6.31. The molecular weight excluding hydrogens is 394 g/mol. The number of nitrogens with zero attached hydrogens (tertiary/aromatic N) is 3. The Kier molecular flexibility index (Phi) is 6.41. The molecule has 0 N–H and O–H groups in total. The molecule has 1 aromatic carbocycles. The van der Waals surface area contributed by atoms with Crippen molar-refractivity contribution < 1.29 is 13.2 Å². The topological polar surface area (TPSA) is 60.9 Å². The fraction of sp³-hybridized carbons (Fsp3) is 0.562. The van der Waals surface area contributed by atoms with E-state index in [9.17, 15) is 13.2 Å². The summed E-state index contributed by atoms with van der Waals surface area (Å²) in [5, 5.41) is 0. The maximum atomic E-state index is 12.6. The minimum Gasteiger partial charge on any atom is -0.340 e. The van der Waals surface area contributed by atoms with Crippen LogP contribution in [0.5, 0.6) is 0 Å². The first-order chi connectivity index (χ1) is 11.2. The van der Waals surface area contributed by atoms with Crippen LogP contribution in [0.1, 0.15) is 12.8 Å². The Labute approximate surface area is 152 Å². The number of rotatable bonds is 5. The normalized spacial score (nSPS) is 19.1. The molecule has 1 aliphatic rings. The molecule has 1 atom stereocenters. The van der Waals surface area contributed by atoms with E-state index in [-0.39, 0.29) is 17.3 Å². The summed E-state index contributed by atoms with van der Waals surface area (Å²) < 4.78 is 27.1. The summed E-state index contributed by atoms with van der Waals surface area (Å²) in [6.45, 7) is 1.20. The van der Waals surface area contributed by atoms with Crippen molar-refractivity contribution in [1.82, 2.24) is 14.1 Å². The third-order valence-electron chi connectivity index (χ3n) is 4.36. The van der Waals surface area contributed by atoms with E-state index in [0.717, 1.165) is 21.6 Å². The highest BCUT2D eigenvalue weighted by Crippen LogP contribution is 2.19. The lowest BCUT2D eigenvalue weighted by Crippen LogP contribution is -2.50. The van der Waals surface area contributed by atoms with Crippen molar-refractivity contribution in [2.75, 3.05) is 40.8 Å². The van der Waals surface area contributed by atoms with Gasteiger partial charge in [-0.2, -0.15) is 4.31 Å². The third-order valence-corrected chi connectivity index (χ3v) is 6.71. The summed E-state index contributed by atoms with van der Waals surface area (Å²) in [5.74, 6) is -0.148. The van der Waals surface area contributed by atoms with Gasteiger partial charge in [0, 0.05) is 30.7 Å². The van der Waals surface area contributed by atoms with Crippen molar-refractivity contribution in [2.24, 2.45) is 0 Å². The molecule has 1 saturated heterocycles. The van der Waals surface area contributed by atoms with E-state index in [4.69, 9.17) is 0 Å². The number of halogens is 1. The third kappa shape index (κ3) is 4.56. The minimum absolute atomic E-state index is 0.140. The number of carbonyl (C=O) groups is 1. The Morgan fingerprint density at radius 2 is 1.88 bits per heavy atom. The maximum absolute atomic E-state index is 12.6. The molecule has 0 aromatic heterocycles. The number of hydrogen-bond acceptors (Lipinski definition) is 4. The molecule has 134 valence electrons. The first-order valence-electron chi connectivity index (χ1n) is 7.88. The quantitative estimate of drug-likeness (QED) is 0.729. The molecule has 0 radical (unpaired) electrons. The van der Waals surface area contributed by atoms with Crippen LogP contribution in [0.4, 0.5) is 0 Å². The zero-order valence-corrected chi connectivity index (χ0v) is 16.7. The highest BCUT2D eigenvalue weighted by molar-refractivity contribution is 9.10. The number of likely N-dealkylation sites (N-methyl/N-ethyl adjacent to an activating group) is 2. The maximum Gasteiger partial charge on any atom is 0.243 e. The molecule has 1 amide bonds. The van der Waals surface area contributed by atoms with E-state index in [1.807, 2.05) is 14.1 Å². The second kappa shape index (κ2) is 7.95.